The number of aromatic nitrogens is 1. The number of hydrogen-bond donors (Lipinski definition) is 0. The van der Waals surface area contributed by atoms with Crippen LogP contribution in [0.4, 0.5) is 10.8 Å². The van der Waals surface area contributed by atoms with E-state index in [0.29, 0.717) is 28.4 Å². The molecular formula is C23H28N4O5S2. The highest BCUT2D eigenvalue weighted by Gasteiger charge is 2.22. The van der Waals surface area contributed by atoms with Gasteiger partial charge in [0, 0.05) is 31.6 Å². The molecular weight excluding hydrogens is 476 g/mol. The Hall–Kier alpha value is -2.89. The molecule has 2 aromatic carbocycles. The van der Waals surface area contributed by atoms with Crippen molar-refractivity contribution in [1.29, 1.82) is 0 Å². The van der Waals surface area contributed by atoms with E-state index in [1.165, 1.54) is 23.5 Å². The van der Waals surface area contributed by atoms with Gasteiger partial charge in [-0.15, -0.1) is 0 Å². The van der Waals surface area contributed by atoms with E-state index in [-0.39, 0.29) is 35.1 Å². The summed E-state index contributed by atoms with van der Waals surface area (Å²) in [4.78, 5) is 32.4. The van der Waals surface area contributed by atoms with Crippen LogP contribution in [0, 0.1) is 10.1 Å². The third kappa shape index (κ3) is 6.37. The fourth-order valence-corrected chi connectivity index (χ4v) is 5.91. The first kappa shape index (κ1) is 25.7. The van der Waals surface area contributed by atoms with E-state index in [1.807, 2.05) is 13.8 Å². The van der Waals surface area contributed by atoms with Crippen LogP contribution in [0.25, 0.3) is 10.2 Å². The van der Waals surface area contributed by atoms with Crippen LogP contribution in [0.2, 0.25) is 0 Å². The number of carbonyl (C=O) groups is 1. The van der Waals surface area contributed by atoms with Gasteiger partial charge in [0.15, 0.2) is 15.0 Å². The first-order valence-corrected chi connectivity index (χ1v) is 13.6. The smallest absolute Gasteiger partial charge is 0.270 e. The number of nitrogens with zero attached hydrogens (tertiary/aromatic N) is 4. The number of rotatable bonds is 12. The Kier molecular flexibility index (Phi) is 8.70. The van der Waals surface area contributed by atoms with Gasteiger partial charge in [0.25, 0.3) is 5.69 Å². The van der Waals surface area contributed by atoms with Gasteiger partial charge >= 0.3 is 0 Å². The van der Waals surface area contributed by atoms with Gasteiger partial charge in [0.1, 0.15) is 0 Å². The van der Waals surface area contributed by atoms with Crippen molar-refractivity contribution in [2.45, 2.75) is 31.6 Å². The van der Waals surface area contributed by atoms with Crippen molar-refractivity contribution in [3.8, 4) is 0 Å². The predicted molar refractivity (Wildman–Crippen MR) is 134 cm³/mol. The molecule has 0 spiro atoms. The van der Waals surface area contributed by atoms with Crippen LogP contribution in [0.15, 0.2) is 53.4 Å². The molecule has 0 aliphatic rings. The van der Waals surface area contributed by atoms with Crippen LogP contribution < -0.4 is 4.90 Å². The summed E-state index contributed by atoms with van der Waals surface area (Å²) < 4.78 is 25.7. The summed E-state index contributed by atoms with van der Waals surface area (Å²) in [6, 6.07) is 12.6. The molecule has 0 aliphatic heterocycles. The normalized spacial score (nSPS) is 11.7. The standard InChI is InChI=1S/C23H28N4O5S2/c1-3-25(4-2)14-15-26(23-24-20-13-12-18(27(29)30)17-21(20)33-23)22(28)11-8-16-34(31,32)19-9-6-5-7-10-19/h5-7,9-10,12-13,17H,3-4,8,11,14-16H2,1-2H3. The summed E-state index contributed by atoms with van der Waals surface area (Å²) in [5, 5.41) is 11.6. The van der Waals surface area contributed by atoms with Gasteiger partial charge in [0.2, 0.25) is 5.91 Å². The van der Waals surface area contributed by atoms with E-state index < -0.39 is 14.8 Å². The Morgan fingerprint density at radius 3 is 2.44 bits per heavy atom. The van der Waals surface area contributed by atoms with Gasteiger partial charge in [-0.2, -0.15) is 0 Å². The molecule has 0 saturated heterocycles. The van der Waals surface area contributed by atoms with Gasteiger partial charge in [-0.3, -0.25) is 19.8 Å². The molecule has 0 radical (unpaired) electrons. The van der Waals surface area contributed by atoms with Crippen molar-refractivity contribution in [2.24, 2.45) is 0 Å². The Balaban J connectivity index is 1.77. The predicted octanol–water partition coefficient (Wildman–Crippen LogP) is 4.13. The van der Waals surface area contributed by atoms with Gasteiger partial charge in [-0.1, -0.05) is 43.4 Å². The fraction of sp³-hybridized carbons (Fsp3) is 0.391. The fourth-order valence-electron chi connectivity index (χ4n) is 3.53. The van der Waals surface area contributed by atoms with E-state index in [0.717, 1.165) is 13.1 Å². The molecule has 182 valence electrons. The van der Waals surface area contributed by atoms with Crippen LogP contribution >= 0.6 is 11.3 Å². The molecule has 0 unspecified atom stereocenters. The maximum absolute atomic E-state index is 13.2. The Morgan fingerprint density at radius 2 is 1.79 bits per heavy atom. The maximum Gasteiger partial charge on any atom is 0.270 e. The highest BCUT2D eigenvalue weighted by Crippen LogP contribution is 2.32. The second-order valence-corrected chi connectivity index (χ2v) is 10.8. The molecule has 3 rings (SSSR count). The molecule has 1 amide bonds. The molecule has 0 N–H and O–H groups in total. The largest absolute Gasteiger partial charge is 0.302 e. The molecule has 0 bridgehead atoms. The zero-order chi connectivity index (χ0) is 24.7. The highest BCUT2D eigenvalue weighted by molar-refractivity contribution is 7.91. The van der Waals surface area contributed by atoms with Gasteiger partial charge < -0.3 is 4.90 Å². The third-order valence-corrected chi connectivity index (χ3v) is 8.40. The molecule has 0 saturated carbocycles. The summed E-state index contributed by atoms with van der Waals surface area (Å²) >= 11 is 1.22. The van der Waals surface area contributed by atoms with Crippen LogP contribution in [-0.4, -0.2) is 61.1 Å². The molecule has 0 aliphatic carbocycles. The van der Waals surface area contributed by atoms with E-state index in [1.54, 1.807) is 41.3 Å². The van der Waals surface area contributed by atoms with Crippen molar-refractivity contribution < 1.29 is 18.1 Å². The lowest BCUT2D eigenvalue weighted by Crippen LogP contribution is -2.38. The zero-order valence-corrected chi connectivity index (χ0v) is 20.8. The molecule has 9 nitrogen and oxygen atoms in total. The Bertz CT molecular complexity index is 1240. The molecule has 1 heterocycles. The highest BCUT2D eigenvalue weighted by atomic mass is 32.2. The molecule has 34 heavy (non-hydrogen) atoms. The van der Waals surface area contributed by atoms with Crippen LogP contribution in [0.1, 0.15) is 26.7 Å². The van der Waals surface area contributed by atoms with E-state index in [2.05, 4.69) is 9.88 Å². The number of thiazole rings is 1. The molecule has 1 aromatic heterocycles. The number of anilines is 1. The monoisotopic (exact) mass is 504 g/mol. The van der Waals surface area contributed by atoms with Crippen molar-refractivity contribution in [1.82, 2.24) is 9.88 Å². The minimum Gasteiger partial charge on any atom is -0.302 e. The van der Waals surface area contributed by atoms with Gasteiger partial charge in [-0.25, -0.2) is 13.4 Å². The zero-order valence-electron chi connectivity index (χ0n) is 19.2. The van der Waals surface area contributed by atoms with E-state index in [9.17, 15) is 23.3 Å². The summed E-state index contributed by atoms with van der Waals surface area (Å²) in [5.41, 5.74) is 0.549. The van der Waals surface area contributed by atoms with Crippen molar-refractivity contribution >= 4 is 48.1 Å². The van der Waals surface area contributed by atoms with E-state index >= 15 is 0 Å². The lowest BCUT2D eigenvalue weighted by molar-refractivity contribution is -0.384. The van der Waals surface area contributed by atoms with Crippen LogP contribution in [0.3, 0.4) is 0 Å². The summed E-state index contributed by atoms with van der Waals surface area (Å²) in [6.45, 7) is 6.78. The second kappa shape index (κ2) is 11.5. The second-order valence-electron chi connectivity index (χ2n) is 7.71. The Labute approximate surface area is 203 Å². The summed E-state index contributed by atoms with van der Waals surface area (Å²) in [6.07, 6.45) is 0.245. The number of fused-ring (bicyclic) bond motifs is 1. The number of carbonyl (C=O) groups excluding carboxylic acids is 1. The topological polar surface area (TPSA) is 114 Å². The first-order valence-electron chi connectivity index (χ1n) is 11.1. The van der Waals surface area contributed by atoms with Crippen molar-refractivity contribution in [2.75, 3.05) is 36.8 Å². The molecule has 0 fully saturated rings. The van der Waals surface area contributed by atoms with Crippen LogP contribution in [-0.2, 0) is 14.6 Å². The minimum atomic E-state index is -3.47. The quantitative estimate of drug-likeness (QED) is 0.269. The average molecular weight is 505 g/mol. The SMILES string of the molecule is CCN(CC)CCN(C(=O)CCCS(=O)(=O)c1ccccc1)c1nc2ccc([N+](=O)[O-])cc2s1. The number of likely N-dealkylation sites (N-methyl/N-ethyl adjacent to an activating group) is 1. The van der Waals surface area contributed by atoms with Crippen LogP contribution in [0.5, 0.6) is 0 Å². The number of benzene rings is 2. The molecule has 11 heteroatoms. The first-order chi connectivity index (χ1) is 16.2. The number of nitro groups is 1. The van der Waals surface area contributed by atoms with E-state index in [4.69, 9.17) is 0 Å². The number of nitro benzene ring substituents is 1. The number of hydrogen-bond acceptors (Lipinski definition) is 8. The molecule has 3 aromatic rings. The van der Waals surface area contributed by atoms with Crippen molar-refractivity contribution in [3.63, 3.8) is 0 Å². The summed E-state index contributed by atoms with van der Waals surface area (Å²) in [7, 11) is -3.47. The summed E-state index contributed by atoms with van der Waals surface area (Å²) in [5.74, 6) is -0.345. The number of amides is 1. The molecule has 0 atom stereocenters. The average Bonchev–Trinajstić information content (AvgIpc) is 3.25. The lowest BCUT2D eigenvalue weighted by atomic mass is 10.3. The van der Waals surface area contributed by atoms with Gasteiger partial charge in [0.05, 0.1) is 25.8 Å². The van der Waals surface area contributed by atoms with Crippen molar-refractivity contribution in [3.05, 3.63) is 58.6 Å². The number of sulfone groups is 1. The minimum absolute atomic E-state index is 0.0326. The van der Waals surface area contributed by atoms with Gasteiger partial charge in [-0.05, 0) is 37.7 Å². The third-order valence-electron chi connectivity index (χ3n) is 5.54. The number of non-ortho nitro benzene ring substituents is 1. The maximum atomic E-state index is 13.2. The lowest BCUT2D eigenvalue weighted by Gasteiger charge is -2.24. The Morgan fingerprint density at radius 1 is 1.09 bits per heavy atom.